The summed E-state index contributed by atoms with van der Waals surface area (Å²) in [6, 6.07) is 48.2. The predicted octanol–water partition coefficient (Wildman–Crippen LogP) is 9.42. The van der Waals surface area contributed by atoms with Crippen LogP contribution in [0.2, 0.25) is 0 Å². The van der Waals surface area contributed by atoms with Gasteiger partial charge in [0.05, 0.1) is 5.30 Å². The van der Waals surface area contributed by atoms with Crippen LogP contribution in [0.5, 0.6) is 0 Å². The molecular formula is C34H23OP. The van der Waals surface area contributed by atoms with Crippen molar-refractivity contribution in [2.24, 2.45) is 0 Å². The van der Waals surface area contributed by atoms with Crippen LogP contribution in [0.25, 0.3) is 55.3 Å². The third-order valence-electron chi connectivity index (χ3n) is 6.66. The second-order valence-corrected chi connectivity index (χ2v) is 9.45. The summed E-state index contributed by atoms with van der Waals surface area (Å²) < 4.78 is 13.1. The van der Waals surface area contributed by atoms with E-state index in [0.717, 1.165) is 49.8 Å². The summed E-state index contributed by atoms with van der Waals surface area (Å²) in [4.78, 5) is 0. The van der Waals surface area contributed by atoms with Crippen LogP contribution in [0.1, 0.15) is 0 Å². The zero-order valence-electron chi connectivity index (χ0n) is 19.6. The fourth-order valence-electron chi connectivity index (χ4n) is 4.98. The highest BCUT2D eigenvalue weighted by atomic mass is 31.1. The zero-order valence-corrected chi connectivity index (χ0v) is 20.5. The van der Waals surface area contributed by atoms with Crippen molar-refractivity contribution in [1.29, 1.82) is 0 Å². The van der Waals surface area contributed by atoms with Crippen LogP contribution in [-0.2, 0) is 4.57 Å². The molecule has 6 aromatic carbocycles. The summed E-state index contributed by atoms with van der Waals surface area (Å²) >= 11 is 0. The maximum absolute atomic E-state index is 13.1. The van der Waals surface area contributed by atoms with Crippen LogP contribution in [-0.4, -0.2) is 0 Å². The molecule has 0 amide bonds. The molecular weight excluding hydrogens is 455 g/mol. The van der Waals surface area contributed by atoms with Gasteiger partial charge in [0.15, 0.2) is 8.46 Å². The fraction of sp³-hybridized carbons (Fsp3) is 0. The van der Waals surface area contributed by atoms with E-state index in [1.54, 1.807) is 0 Å². The van der Waals surface area contributed by atoms with Crippen LogP contribution in [0.3, 0.4) is 0 Å². The van der Waals surface area contributed by atoms with E-state index in [9.17, 15) is 4.57 Å². The minimum atomic E-state index is -0.0122. The zero-order chi connectivity index (χ0) is 24.3. The van der Waals surface area contributed by atoms with Crippen molar-refractivity contribution in [1.82, 2.24) is 0 Å². The molecule has 0 fully saturated rings. The van der Waals surface area contributed by atoms with Crippen LogP contribution in [0.15, 0.2) is 140 Å². The molecule has 0 saturated carbocycles. The molecule has 6 aromatic rings. The summed E-state index contributed by atoms with van der Waals surface area (Å²) in [5.74, 6) is 0. The molecule has 0 aliphatic carbocycles. The Morgan fingerprint density at radius 2 is 0.861 bits per heavy atom. The molecule has 36 heavy (non-hydrogen) atoms. The van der Waals surface area contributed by atoms with Gasteiger partial charge in [-0.15, -0.1) is 0 Å². The topological polar surface area (TPSA) is 17.1 Å². The predicted molar refractivity (Wildman–Crippen MR) is 153 cm³/mol. The van der Waals surface area contributed by atoms with Crippen molar-refractivity contribution >= 4 is 24.5 Å². The van der Waals surface area contributed by atoms with Crippen LogP contribution >= 0.6 is 8.46 Å². The van der Waals surface area contributed by atoms with Crippen molar-refractivity contribution in [2.45, 2.75) is 0 Å². The average Bonchev–Trinajstić information content (AvgIpc) is 2.97. The highest BCUT2D eigenvalue weighted by molar-refractivity contribution is 7.35. The summed E-state index contributed by atoms with van der Waals surface area (Å²) in [6.07, 6.45) is 0. The van der Waals surface area contributed by atoms with Gasteiger partial charge in [-0.25, -0.2) is 0 Å². The molecule has 1 nitrogen and oxygen atoms in total. The summed E-state index contributed by atoms with van der Waals surface area (Å²) in [7, 11) is -0.0122. The fourth-order valence-corrected chi connectivity index (χ4v) is 5.67. The maximum Gasteiger partial charge on any atom is 0.193 e. The quantitative estimate of drug-likeness (QED) is 0.226. The molecule has 6 rings (SSSR count). The van der Waals surface area contributed by atoms with Crippen molar-refractivity contribution in [3.05, 3.63) is 140 Å². The molecule has 0 bridgehead atoms. The smallest absolute Gasteiger partial charge is 0.193 e. The Hall–Kier alpha value is -4.32. The summed E-state index contributed by atoms with van der Waals surface area (Å²) in [5.41, 5.74) is 8.46. The number of benzene rings is 6. The molecule has 170 valence electrons. The van der Waals surface area contributed by atoms with E-state index >= 15 is 0 Å². The van der Waals surface area contributed by atoms with E-state index < -0.39 is 0 Å². The van der Waals surface area contributed by atoms with Gasteiger partial charge in [0.2, 0.25) is 0 Å². The van der Waals surface area contributed by atoms with Crippen LogP contribution in [0.4, 0.5) is 0 Å². The van der Waals surface area contributed by atoms with Gasteiger partial charge in [0.25, 0.3) is 0 Å². The molecule has 0 aliphatic rings. The van der Waals surface area contributed by atoms with E-state index in [1.807, 2.05) is 42.5 Å². The normalized spacial score (nSPS) is 11.1. The Bertz CT molecular complexity index is 1670. The first-order valence-corrected chi connectivity index (χ1v) is 12.8. The first-order valence-electron chi connectivity index (χ1n) is 12.0. The number of hydrogen-bond donors (Lipinski definition) is 0. The minimum absolute atomic E-state index is 0.0122. The minimum Gasteiger partial charge on any atom is -0.269 e. The molecule has 0 N–H and O–H groups in total. The van der Waals surface area contributed by atoms with Gasteiger partial charge in [-0.05, 0) is 56.3 Å². The monoisotopic (exact) mass is 478 g/mol. The van der Waals surface area contributed by atoms with Gasteiger partial charge in [0, 0.05) is 11.1 Å². The lowest BCUT2D eigenvalue weighted by atomic mass is 9.85. The Kier molecular flexibility index (Phi) is 6.00. The van der Waals surface area contributed by atoms with Crippen LogP contribution < -0.4 is 5.30 Å². The first-order chi connectivity index (χ1) is 17.8. The molecule has 0 heterocycles. The molecule has 0 spiro atoms. The SMILES string of the molecule is O=Pc1c(-c2ccccc2)c(-c2ccccc2)cc(-c2ccc3ccccc3c2)c1-c1ccccc1. The van der Waals surface area contributed by atoms with Gasteiger partial charge in [-0.2, -0.15) is 0 Å². The largest absolute Gasteiger partial charge is 0.269 e. The molecule has 0 aromatic heterocycles. The number of fused-ring (bicyclic) bond motifs is 1. The number of rotatable bonds is 5. The molecule has 0 atom stereocenters. The van der Waals surface area contributed by atoms with Gasteiger partial charge in [0.1, 0.15) is 0 Å². The summed E-state index contributed by atoms with van der Waals surface area (Å²) in [6.45, 7) is 0. The van der Waals surface area contributed by atoms with Gasteiger partial charge in [-0.1, -0.05) is 127 Å². The Morgan fingerprint density at radius 1 is 0.389 bits per heavy atom. The van der Waals surface area contributed by atoms with E-state index in [2.05, 4.69) is 97.1 Å². The van der Waals surface area contributed by atoms with E-state index in [0.29, 0.717) is 0 Å². The van der Waals surface area contributed by atoms with E-state index in [4.69, 9.17) is 0 Å². The Labute approximate surface area is 212 Å². The molecule has 0 saturated heterocycles. The van der Waals surface area contributed by atoms with Crippen molar-refractivity contribution in [2.75, 3.05) is 0 Å². The van der Waals surface area contributed by atoms with Crippen molar-refractivity contribution in [3.8, 4) is 44.5 Å². The lowest BCUT2D eigenvalue weighted by Gasteiger charge is -2.21. The second-order valence-electron chi connectivity index (χ2n) is 8.82. The van der Waals surface area contributed by atoms with Crippen molar-refractivity contribution < 1.29 is 4.57 Å². The summed E-state index contributed by atoms with van der Waals surface area (Å²) in [5, 5.41) is 3.19. The van der Waals surface area contributed by atoms with Gasteiger partial charge < -0.3 is 0 Å². The third-order valence-corrected chi connectivity index (χ3v) is 7.29. The average molecular weight is 479 g/mol. The lowest BCUT2D eigenvalue weighted by Crippen LogP contribution is -2.08. The van der Waals surface area contributed by atoms with E-state index in [-0.39, 0.29) is 8.46 Å². The third kappa shape index (κ3) is 4.05. The lowest BCUT2D eigenvalue weighted by molar-refractivity contribution is 0.603. The Morgan fingerprint density at radius 3 is 1.42 bits per heavy atom. The Balaban J connectivity index is 1.76. The molecule has 2 heteroatoms. The highest BCUT2D eigenvalue weighted by Crippen LogP contribution is 2.42. The van der Waals surface area contributed by atoms with Crippen molar-refractivity contribution in [3.63, 3.8) is 0 Å². The molecule has 0 unspecified atom stereocenters. The highest BCUT2D eigenvalue weighted by Gasteiger charge is 2.22. The first kappa shape index (κ1) is 22.2. The molecule has 0 radical (unpaired) electrons. The maximum atomic E-state index is 13.1. The van der Waals surface area contributed by atoms with Crippen LogP contribution in [0, 0.1) is 0 Å². The molecule has 0 aliphatic heterocycles. The van der Waals surface area contributed by atoms with Gasteiger partial charge in [-0.3, -0.25) is 4.57 Å². The standard InChI is InChI=1S/C34H23OP/c35-36-34-32(26-15-6-2-7-16-26)30(25-13-4-1-5-14-25)23-31(33(34)27-17-8-3-9-18-27)29-21-20-24-12-10-11-19-28(24)22-29/h1-23H. The second kappa shape index (κ2) is 9.74. The van der Waals surface area contributed by atoms with E-state index in [1.165, 1.54) is 10.8 Å². The van der Waals surface area contributed by atoms with Gasteiger partial charge >= 0.3 is 0 Å². The number of hydrogen-bond acceptors (Lipinski definition) is 1.